The number of anilines is 1. The zero-order chi connectivity index (χ0) is 16.1. The number of halogens is 2. The molecule has 3 heterocycles. The molecule has 2 bridgehead atoms. The molecule has 1 aromatic carbocycles. The molecule has 2 atom stereocenters. The van der Waals surface area contributed by atoms with E-state index in [2.05, 4.69) is 15.9 Å². The van der Waals surface area contributed by atoms with Gasteiger partial charge in [-0.05, 0) is 55.3 Å². The van der Waals surface area contributed by atoms with Crippen LogP contribution in [0.1, 0.15) is 27.2 Å². The summed E-state index contributed by atoms with van der Waals surface area (Å²) in [6.45, 7) is 6.88. The molecule has 1 amide bonds. The SMILES string of the molecule is CC(C)(C)OC(=O)N1C2CC1CN(c1cccc(Br)c1F)C2. The van der Waals surface area contributed by atoms with Crippen molar-refractivity contribution in [2.45, 2.75) is 44.9 Å². The van der Waals surface area contributed by atoms with Crippen LogP contribution in [0.25, 0.3) is 0 Å². The molecule has 0 aromatic heterocycles. The van der Waals surface area contributed by atoms with Gasteiger partial charge in [-0.1, -0.05) is 6.07 Å². The maximum absolute atomic E-state index is 14.2. The Balaban J connectivity index is 1.70. The van der Waals surface area contributed by atoms with Crippen LogP contribution >= 0.6 is 15.9 Å². The Kier molecular flexibility index (Phi) is 3.83. The molecular weight excluding hydrogens is 351 g/mol. The standard InChI is InChI=1S/C16H20BrFN2O2/c1-16(2,3)22-15(21)20-10-7-11(20)9-19(8-10)13-6-4-5-12(17)14(13)18/h4-6,10-11H,7-9H2,1-3H3. The van der Waals surface area contributed by atoms with Gasteiger partial charge in [0.15, 0.2) is 5.82 Å². The van der Waals surface area contributed by atoms with Gasteiger partial charge in [-0.25, -0.2) is 9.18 Å². The Morgan fingerprint density at radius 1 is 1.32 bits per heavy atom. The van der Waals surface area contributed by atoms with E-state index in [1.807, 2.05) is 31.7 Å². The van der Waals surface area contributed by atoms with E-state index in [0.29, 0.717) is 23.2 Å². The van der Waals surface area contributed by atoms with E-state index in [9.17, 15) is 9.18 Å². The zero-order valence-corrected chi connectivity index (χ0v) is 14.6. The average Bonchev–Trinajstić information content (AvgIpc) is 2.39. The third-order valence-electron chi connectivity index (χ3n) is 4.07. The van der Waals surface area contributed by atoms with Crippen LogP contribution in [0.3, 0.4) is 0 Å². The van der Waals surface area contributed by atoms with Gasteiger partial charge in [0.05, 0.1) is 22.2 Å². The van der Waals surface area contributed by atoms with Crippen molar-refractivity contribution in [1.82, 2.24) is 4.90 Å². The lowest BCUT2D eigenvalue weighted by Crippen LogP contribution is -2.70. The molecule has 1 aromatic rings. The number of benzene rings is 1. The number of carbonyl (C=O) groups excluding carboxylic acids is 1. The summed E-state index contributed by atoms with van der Waals surface area (Å²) in [7, 11) is 0. The van der Waals surface area contributed by atoms with Gasteiger partial charge in [0.2, 0.25) is 0 Å². The molecule has 3 aliphatic rings. The van der Waals surface area contributed by atoms with Gasteiger partial charge < -0.3 is 9.64 Å². The molecule has 2 unspecified atom stereocenters. The zero-order valence-electron chi connectivity index (χ0n) is 13.0. The summed E-state index contributed by atoms with van der Waals surface area (Å²) in [6, 6.07) is 5.51. The number of carbonyl (C=O) groups is 1. The van der Waals surface area contributed by atoms with E-state index in [1.165, 1.54) is 0 Å². The highest BCUT2D eigenvalue weighted by Crippen LogP contribution is 2.37. The van der Waals surface area contributed by atoms with Gasteiger partial charge in [0.25, 0.3) is 0 Å². The van der Waals surface area contributed by atoms with Gasteiger partial charge >= 0.3 is 6.09 Å². The number of fused-ring (bicyclic) bond motifs is 2. The first-order chi connectivity index (χ1) is 10.3. The second kappa shape index (κ2) is 5.41. The fraction of sp³-hybridized carbons (Fsp3) is 0.562. The van der Waals surface area contributed by atoms with Crippen molar-refractivity contribution < 1.29 is 13.9 Å². The Labute approximate surface area is 138 Å². The summed E-state index contributed by atoms with van der Waals surface area (Å²) < 4.78 is 20.1. The highest BCUT2D eigenvalue weighted by molar-refractivity contribution is 9.10. The molecule has 4 rings (SSSR count). The molecular formula is C16H20BrFN2O2. The number of rotatable bonds is 1. The highest BCUT2D eigenvalue weighted by atomic mass is 79.9. The molecule has 22 heavy (non-hydrogen) atoms. The van der Waals surface area contributed by atoms with E-state index in [-0.39, 0.29) is 24.0 Å². The molecule has 3 aliphatic heterocycles. The van der Waals surface area contributed by atoms with Crippen LogP contribution in [-0.2, 0) is 4.74 Å². The number of amides is 1. The molecule has 0 aliphatic carbocycles. The second-order valence-electron chi connectivity index (χ2n) is 6.91. The molecule has 0 spiro atoms. The van der Waals surface area contributed by atoms with E-state index >= 15 is 0 Å². The van der Waals surface area contributed by atoms with Crippen LogP contribution in [-0.4, -0.2) is 41.8 Å². The summed E-state index contributed by atoms with van der Waals surface area (Å²) >= 11 is 3.22. The van der Waals surface area contributed by atoms with E-state index in [0.717, 1.165) is 6.42 Å². The van der Waals surface area contributed by atoms with Crippen molar-refractivity contribution in [2.24, 2.45) is 0 Å². The number of hydrogen-bond acceptors (Lipinski definition) is 3. The van der Waals surface area contributed by atoms with Crippen LogP contribution in [0.4, 0.5) is 14.9 Å². The van der Waals surface area contributed by atoms with Crippen molar-refractivity contribution in [2.75, 3.05) is 18.0 Å². The molecule has 0 N–H and O–H groups in total. The number of nitrogens with zero attached hydrogens (tertiary/aromatic N) is 2. The summed E-state index contributed by atoms with van der Waals surface area (Å²) in [5, 5.41) is 0. The minimum absolute atomic E-state index is 0.104. The minimum atomic E-state index is -0.489. The van der Waals surface area contributed by atoms with E-state index in [4.69, 9.17) is 4.74 Å². The molecule has 0 radical (unpaired) electrons. The first-order valence-corrected chi connectivity index (χ1v) is 8.26. The smallest absolute Gasteiger partial charge is 0.410 e. The fourth-order valence-corrected chi connectivity index (χ4v) is 3.51. The number of piperazine rings is 1. The van der Waals surface area contributed by atoms with Gasteiger partial charge in [-0.2, -0.15) is 0 Å². The summed E-state index contributed by atoms with van der Waals surface area (Å²) in [4.78, 5) is 16.0. The van der Waals surface area contributed by atoms with Gasteiger partial charge in [0, 0.05) is 13.1 Å². The average molecular weight is 371 g/mol. The van der Waals surface area contributed by atoms with E-state index < -0.39 is 5.60 Å². The lowest BCUT2D eigenvalue weighted by Gasteiger charge is -2.56. The minimum Gasteiger partial charge on any atom is -0.444 e. The van der Waals surface area contributed by atoms with Gasteiger partial charge in [-0.15, -0.1) is 0 Å². The van der Waals surface area contributed by atoms with Crippen molar-refractivity contribution in [1.29, 1.82) is 0 Å². The maximum Gasteiger partial charge on any atom is 0.410 e. The number of hydrogen-bond donors (Lipinski definition) is 0. The van der Waals surface area contributed by atoms with Crippen LogP contribution in [0, 0.1) is 5.82 Å². The topological polar surface area (TPSA) is 32.8 Å². The normalized spacial score (nSPS) is 24.0. The predicted molar refractivity (Wildman–Crippen MR) is 86.6 cm³/mol. The van der Waals surface area contributed by atoms with Gasteiger partial charge in [-0.3, -0.25) is 4.90 Å². The lowest BCUT2D eigenvalue weighted by molar-refractivity contribution is -0.0380. The summed E-state index contributed by atoms with van der Waals surface area (Å²) in [5.74, 6) is -0.243. The van der Waals surface area contributed by atoms with Gasteiger partial charge in [0.1, 0.15) is 5.60 Å². The Bertz CT molecular complexity index is 590. The summed E-state index contributed by atoms with van der Waals surface area (Å²) in [6.07, 6.45) is 0.703. The van der Waals surface area contributed by atoms with Crippen LogP contribution < -0.4 is 4.90 Å². The van der Waals surface area contributed by atoms with Crippen molar-refractivity contribution >= 4 is 27.7 Å². The highest BCUT2D eigenvalue weighted by Gasteiger charge is 2.49. The van der Waals surface area contributed by atoms with Crippen LogP contribution in [0.2, 0.25) is 0 Å². The monoisotopic (exact) mass is 370 g/mol. The van der Waals surface area contributed by atoms with E-state index in [1.54, 1.807) is 17.0 Å². The fourth-order valence-electron chi connectivity index (χ4n) is 3.16. The third kappa shape index (κ3) is 2.81. The first kappa shape index (κ1) is 15.6. The first-order valence-electron chi connectivity index (χ1n) is 7.46. The summed E-state index contributed by atoms with van der Waals surface area (Å²) in [5.41, 5.74) is 0.102. The Morgan fingerprint density at radius 3 is 2.55 bits per heavy atom. The largest absolute Gasteiger partial charge is 0.444 e. The van der Waals surface area contributed by atoms with Crippen molar-refractivity contribution in [3.8, 4) is 0 Å². The Hall–Kier alpha value is -1.30. The predicted octanol–water partition coefficient (Wildman–Crippen LogP) is 3.79. The molecule has 3 saturated heterocycles. The lowest BCUT2D eigenvalue weighted by atomic mass is 9.87. The van der Waals surface area contributed by atoms with Crippen LogP contribution in [0.5, 0.6) is 0 Å². The second-order valence-corrected chi connectivity index (χ2v) is 7.76. The third-order valence-corrected chi connectivity index (χ3v) is 4.68. The van der Waals surface area contributed by atoms with Crippen molar-refractivity contribution in [3.63, 3.8) is 0 Å². The van der Waals surface area contributed by atoms with Crippen molar-refractivity contribution in [3.05, 3.63) is 28.5 Å². The molecule has 120 valence electrons. The maximum atomic E-state index is 14.2. The van der Waals surface area contributed by atoms with Crippen LogP contribution in [0.15, 0.2) is 22.7 Å². The quantitative estimate of drug-likeness (QED) is 0.753. The number of piperidine rings is 1. The molecule has 6 heteroatoms. The Morgan fingerprint density at radius 2 is 1.95 bits per heavy atom. The molecule has 0 saturated carbocycles. The number of ether oxygens (including phenoxy) is 1. The molecule has 4 nitrogen and oxygen atoms in total. The molecule has 3 fully saturated rings.